The fraction of sp³-hybridized carbons (Fsp3) is 0.186. The molecule has 7 rings (SSSR count). The van der Waals surface area contributed by atoms with Crippen molar-refractivity contribution in [1.29, 1.82) is 0 Å². The maximum atomic E-state index is 5.41. The van der Waals surface area contributed by atoms with Gasteiger partial charge in [-0.15, -0.1) is 0 Å². The topological polar surface area (TPSA) is 38.1 Å². The number of aliphatic imine (C=N–C) groups is 1. The van der Waals surface area contributed by atoms with Gasteiger partial charge >= 0.3 is 0 Å². The summed E-state index contributed by atoms with van der Waals surface area (Å²) in [7, 11) is -2.37. The summed E-state index contributed by atoms with van der Waals surface area (Å²) < 4.78 is 0. The van der Waals surface area contributed by atoms with Gasteiger partial charge in [0.1, 0.15) is 8.07 Å². The summed E-state index contributed by atoms with van der Waals surface area (Å²) in [6, 6.07) is 34.9. The van der Waals surface area contributed by atoms with Crippen LogP contribution in [0.5, 0.6) is 0 Å². The minimum Gasteiger partial charge on any atom is -0.280 e. The van der Waals surface area contributed by atoms with E-state index in [4.69, 9.17) is 9.98 Å². The molecule has 232 valence electrons. The van der Waals surface area contributed by atoms with Crippen LogP contribution >= 0.6 is 0 Å². The fourth-order valence-electron chi connectivity index (χ4n) is 7.29. The molecular formula is C43H41N3Si. The van der Waals surface area contributed by atoms with Crippen LogP contribution < -0.4 is 0 Å². The number of pyridine rings is 2. The van der Waals surface area contributed by atoms with Gasteiger partial charge in [0.15, 0.2) is 0 Å². The van der Waals surface area contributed by atoms with Gasteiger partial charge in [-0.3, -0.25) is 9.98 Å². The minimum absolute atomic E-state index is 0.267. The molecule has 1 atom stereocenters. The number of nitrogens with zero attached hydrogens (tertiary/aromatic N) is 3. The van der Waals surface area contributed by atoms with Crippen LogP contribution in [0.4, 0.5) is 0 Å². The first kappa shape index (κ1) is 30.7. The molecule has 2 aromatic heterocycles. The van der Waals surface area contributed by atoms with Crippen molar-refractivity contribution in [1.82, 2.24) is 9.97 Å². The Kier molecular flexibility index (Phi) is 8.53. The maximum absolute atomic E-state index is 5.41. The summed E-state index contributed by atoms with van der Waals surface area (Å²) in [5.74, 6) is 0. The van der Waals surface area contributed by atoms with Gasteiger partial charge in [0.05, 0.1) is 28.8 Å². The maximum Gasteiger partial charge on any atom is 0.117 e. The lowest BCUT2D eigenvalue weighted by Crippen LogP contribution is -2.31. The molecule has 3 aliphatic rings. The van der Waals surface area contributed by atoms with Gasteiger partial charge in [0, 0.05) is 6.20 Å². The predicted molar refractivity (Wildman–Crippen MR) is 201 cm³/mol. The van der Waals surface area contributed by atoms with Gasteiger partial charge in [0.25, 0.3) is 0 Å². The van der Waals surface area contributed by atoms with E-state index >= 15 is 0 Å². The van der Waals surface area contributed by atoms with Crippen LogP contribution in [0.15, 0.2) is 155 Å². The molecule has 0 saturated carbocycles. The standard InChI is InChI=1S/C43H41N3Si/c1-30-27-28-32(36-23-11-12-29-44-36)21-14-22-35(30)42-40(33-17-7-5-8-18-33)41(34-19-9-6-10-20-34)43(47(42,3)4)39-26-15-25-38(46-39)37-24-13-16-31(2)45-37/h5-15,17-26,29,31H,16,27-28H2,1-4H3/b22-14-,32-21-,35-30-. The van der Waals surface area contributed by atoms with Crippen LogP contribution in [0.1, 0.15) is 61.3 Å². The van der Waals surface area contributed by atoms with E-state index in [0.717, 1.165) is 42.1 Å². The number of hydrogen-bond acceptors (Lipinski definition) is 3. The van der Waals surface area contributed by atoms with Crippen LogP contribution in [0.25, 0.3) is 21.9 Å². The van der Waals surface area contributed by atoms with Crippen molar-refractivity contribution in [2.75, 3.05) is 0 Å². The van der Waals surface area contributed by atoms with E-state index in [0.29, 0.717) is 0 Å². The van der Waals surface area contributed by atoms with Crippen molar-refractivity contribution >= 4 is 35.7 Å². The molecule has 2 aromatic carbocycles. The number of dihydropyridines is 1. The molecule has 1 unspecified atom stereocenters. The number of hydrogen-bond donors (Lipinski definition) is 0. The predicted octanol–water partition coefficient (Wildman–Crippen LogP) is 10.5. The molecule has 1 aliphatic carbocycles. The zero-order chi connectivity index (χ0) is 32.4. The average Bonchev–Trinajstić information content (AvgIpc) is 3.34. The zero-order valence-corrected chi connectivity index (χ0v) is 28.7. The van der Waals surface area contributed by atoms with Crippen molar-refractivity contribution in [3.05, 3.63) is 178 Å². The molecule has 0 N–H and O–H groups in total. The Morgan fingerprint density at radius 2 is 1.34 bits per heavy atom. The first-order valence-electron chi connectivity index (χ1n) is 16.7. The molecule has 4 aromatic rings. The third kappa shape index (κ3) is 6.02. The summed E-state index contributed by atoms with van der Waals surface area (Å²) in [5.41, 5.74) is 13.2. The third-order valence-corrected chi connectivity index (χ3v) is 13.1. The molecule has 2 aliphatic heterocycles. The van der Waals surface area contributed by atoms with E-state index in [1.165, 1.54) is 49.4 Å². The molecule has 0 radical (unpaired) electrons. The largest absolute Gasteiger partial charge is 0.280 e. The Morgan fingerprint density at radius 3 is 2.02 bits per heavy atom. The summed E-state index contributed by atoms with van der Waals surface area (Å²) in [6.07, 6.45) is 16.0. The summed E-state index contributed by atoms with van der Waals surface area (Å²) in [4.78, 5) is 15.0. The van der Waals surface area contributed by atoms with Crippen LogP contribution in [0.3, 0.4) is 0 Å². The lowest BCUT2D eigenvalue weighted by molar-refractivity contribution is 0.752. The Labute approximate surface area is 280 Å². The molecule has 47 heavy (non-hydrogen) atoms. The van der Waals surface area contributed by atoms with Gasteiger partial charge in [-0.05, 0) is 107 Å². The molecule has 0 bridgehead atoms. The van der Waals surface area contributed by atoms with E-state index in [1.54, 1.807) is 0 Å². The fourth-order valence-corrected chi connectivity index (χ4v) is 11.1. The quantitative estimate of drug-likeness (QED) is 0.200. The molecule has 0 fully saturated rings. The van der Waals surface area contributed by atoms with E-state index in [2.05, 4.69) is 153 Å². The third-order valence-electron chi connectivity index (χ3n) is 9.56. The normalized spacial score (nSPS) is 22.8. The van der Waals surface area contributed by atoms with Gasteiger partial charge in [-0.1, -0.05) is 116 Å². The Hall–Kier alpha value is -4.93. The first-order valence-corrected chi connectivity index (χ1v) is 19.7. The SMILES string of the molecule is C\C1=C(C2=C(c3ccccc3)C(c3ccccc3)=C(c3cccc(C4=NC(C)CC=C4)n3)[Si]2(C)C)/C=C\C=C(/c2ccccn2)CC1. The van der Waals surface area contributed by atoms with Gasteiger partial charge in [0.2, 0.25) is 0 Å². The van der Waals surface area contributed by atoms with Crippen LogP contribution in [-0.4, -0.2) is 29.8 Å². The summed E-state index contributed by atoms with van der Waals surface area (Å²) in [6.45, 7) is 9.54. The molecule has 0 amide bonds. The van der Waals surface area contributed by atoms with E-state index < -0.39 is 8.07 Å². The van der Waals surface area contributed by atoms with Gasteiger partial charge < -0.3 is 0 Å². The monoisotopic (exact) mass is 627 g/mol. The van der Waals surface area contributed by atoms with E-state index in [9.17, 15) is 0 Å². The zero-order valence-electron chi connectivity index (χ0n) is 27.7. The molecule has 3 nitrogen and oxygen atoms in total. The molecule has 4 heterocycles. The highest BCUT2D eigenvalue weighted by Gasteiger charge is 2.45. The second-order valence-corrected chi connectivity index (χ2v) is 17.5. The number of allylic oxidation sites excluding steroid dienone is 10. The van der Waals surface area contributed by atoms with Crippen molar-refractivity contribution in [2.45, 2.75) is 52.2 Å². The number of aromatic nitrogens is 2. The van der Waals surface area contributed by atoms with Crippen molar-refractivity contribution < 1.29 is 0 Å². The molecule has 0 spiro atoms. The van der Waals surface area contributed by atoms with Crippen molar-refractivity contribution in [3.63, 3.8) is 0 Å². The van der Waals surface area contributed by atoms with E-state index in [-0.39, 0.29) is 6.04 Å². The molecule has 4 heteroatoms. The lowest BCUT2D eigenvalue weighted by Gasteiger charge is -2.28. The summed E-state index contributed by atoms with van der Waals surface area (Å²) >= 11 is 0. The van der Waals surface area contributed by atoms with Crippen molar-refractivity contribution in [2.24, 2.45) is 4.99 Å². The second kappa shape index (κ2) is 13.1. The highest BCUT2D eigenvalue weighted by Crippen LogP contribution is 2.55. The molecule has 0 saturated heterocycles. The minimum atomic E-state index is -2.37. The highest BCUT2D eigenvalue weighted by molar-refractivity contribution is 7.05. The van der Waals surface area contributed by atoms with Crippen molar-refractivity contribution in [3.8, 4) is 0 Å². The summed E-state index contributed by atoms with van der Waals surface area (Å²) in [5, 5.41) is 2.87. The molecular weight excluding hydrogens is 587 g/mol. The number of rotatable bonds is 6. The Balaban J connectivity index is 1.46. The second-order valence-electron chi connectivity index (χ2n) is 13.2. The van der Waals surface area contributed by atoms with Crippen LogP contribution in [-0.2, 0) is 0 Å². The van der Waals surface area contributed by atoms with Gasteiger partial charge in [-0.2, -0.15) is 0 Å². The highest BCUT2D eigenvalue weighted by atomic mass is 28.3. The average molecular weight is 628 g/mol. The number of benzene rings is 2. The van der Waals surface area contributed by atoms with Crippen LogP contribution in [0, 0.1) is 0 Å². The Morgan fingerprint density at radius 1 is 0.681 bits per heavy atom. The van der Waals surface area contributed by atoms with Crippen LogP contribution in [0.2, 0.25) is 13.1 Å². The lowest BCUT2D eigenvalue weighted by atomic mass is 9.88. The Bertz CT molecular complexity index is 2020. The first-order chi connectivity index (χ1) is 22.9. The van der Waals surface area contributed by atoms with Gasteiger partial charge in [-0.25, -0.2) is 4.98 Å². The smallest absolute Gasteiger partial charge is 0.117 e. The van der Waals surface area contributed by atoms with E-state index in [1.807, 2.05) is 12.3 Å².